The summed E-state index contributed by atoms with van der Waals surface area (Å²) < 4.78 is 19.1. The maximum absolute atomic E-state index is 11.3. The van der Waals surface area contributed by atoms with Gasteiger partial charge in [0.25, 0.3) is 0 Å². The van der Waals surface area contributed by atoms with Crippen molar-refractivity contribution in [3.8, 4) is 0 Å². The van der Waals surface area contributed by atoms with Crippen LogP contribution in [0.3, 0.4) is 0 Å². The van der Waals surface area contributed by atoms with Crippen molar-refractivity contribution in [2.75, 3.05) is 0 Å². The van der Waals surface area contributed by atoms with Gasteiger partial charge in [0.15, 0.2) is 12.6 Å². The van der Waals surface area contributed by atoms with E-state index >= 15 is 0 Å². The van der Waals surface area contributed by atoms with Crippen LogP contribution >= 0.6 is 11.6 Å². The summed E-state index contributed by atoms with van der Waals surface area (Å²) in [4.78, 5) is 0. The van der Waals surface area contributed by atoms with Crippen LogP contribution < -0.4 is 5.73 Å². The van der Waals surface area contributed by atoms with E-state index in [1.54, 1.807) is 0 Å². The van der Waals surface area contributed by atoms with E-state index in [1.165, 1.54) is 69.8 Å². The normalized spacial score (nSPS) is 45.3. The van der Waals surface area contributed by atoms with Gasteiger partial charge in [-0.05, 0) is 192 Å². The first-order valence-electron chi connectivity index (χ1n) is 23.7. The second-order valence-electron chi connectivity index (χ2n) is 23.8. The highest BCUT2D eigenvalue weighted by atomic mass is 35.5. The number of hydrogen-bond donors (Lipinski definition) is 3. The molecule has 7 heteroatoms. The zero-order chi connectivity index (χ0) is 41.5. The van der Waals surface area contributed by atoms with Crippen LogP contribution in [0.4, 0.5) is 0 Å². The van der Waals surface area contributed by atoms with Gasteiger partial charge in [-0.3, -0.25) is 0 Å². The summed E-state index contributed by atoms with van der Waals surface area (Å²) >= 11 is 6.36. The minimum Gasteiger partial charge on any atom is -0.368 e. The van der Waals surface area contributed by atoms with Gasteiger partial charge in [0, 0.05) is 11.8 Å². The molecule has 0 aliphatic heterocycles. The SMILES string of the molecule is CC(OC(N)CC12CCC3C(CCC4CC5(C)CCC(O[C@H](O)CC(C)(C)[C@@H](O)OC(C)(C)C)C(C)C5CCC43C)C1C(C(C)C)C1CC1C2)C1=CCC(Cl)C=C1. The molecule has 0 bridgehead atoms. The van der Waals surface area contributed by atoms with Crippen molar-refractivity contribution >= 4 is 11.6 Å². The van der Waals surface area contributed by atoms with Crippen molar-refractivity contribution in [3.63, 3.8) is 0 Å². The maximum Gasteiger partial charge on any atom is 0.160 e. The Hall–Kier alpha value is -0.470. The highest BCUT2D eigenvalue weighted by Gasteiger charge is 2.67. The second kappa shape index (κ2) is 16.3. The van der Waals surface area contributed by atoms with Gasteiger partial charge in [-0.15, -0.1) is 11.6 Å². The summed E-state index contributed by atoms with van der Waals surface area (Å²) in [6.45, 7) is 24.8. The molecular weight excluding hydrogens is 730 g/mol. The molecule has 0 aromatic rings. The molecule has 4 N–H and O–H groups in total. The lowest BCUT2D eigenvalue weighted by molar-refractivity contribution is -0.244. The van der Waals surface area contributed by atoms with Gasteiger partial charge < -0.3 is 30.2 Å². The smallest absolute Gasteiger partial charge is 0.160 e. The second-order valence-corrected chi connectivity index (χ2v) is 24.4. The molecular formula is C50H84ClNO5. The summed E-state index contributed by atoms with van der Waals surface area (Å²) in [7, 11) is 0. The van der Waals surface area contributed by atoms with Crippen molar-refractivity contribution in [1.82, 2.24) is 0 Å². The molecule has 0 saturated heterocycles. The molecule has 7 aliphatic rings. The minimum absolute atomic E-state index is 0.0153. The van der Waals surface area contributed by atoms with Crippen LogP contribution in [0.5, 0.6) is 0 Å². The van der Waals surface area contributed by atoms with Crippen molar-refractivity contribution in [1.29, 1.82) is 0 Å². The van der Waals surface area contributed by atoms with Crippen LogP contribution in [0.1, 0.15) is 166 Å². The number of aliphatic hydroxyl groups is 2. The summed E-state index contributed by atoms with van der Waals surface area (Å²) in [6.07, 6.45) is 20.8. The Morgan fingerprint density at radius 1 is 0.930 bits per heavy atom. The number of rotatable bonds is 12. The third-order valence-corrected chi connectivity index (χ3v) is 18.4. The minimum atomic E-state index is -0.978. The van der Waals surface area contributed by atoms with Crippen molar-refractivity contribution in [3.05, 3.63) is 23.8 Å². The van der Waals surface area contributed by atoms with E-state index in [0.717, 1.165) is 60.7 Å². The number of allylic oxidation sites excluding steroid dienone is 2. The molecule has 6 saturated carbocycles. The van der Waals surface area contributed by atoms with E-state index in [0.29, 0.717) is 35.0 Å². The Labute approximate surface area is 353 Å². The van der Waals surface area contributed by atoms with Crippen LogP contribution in [0.2, 0.25) is 0 Å². The lowest BCUT2D eigenvalue weighted by atomic mass is 9.41. The summed E-state index contributed by atoms with van der Waals surface area (Å²) in [6, 6.07) is 0. The zero-order valence-corrected chi connectivity index (χ0v) is 38.7. The monoisotopic (exact) mass is 814 g/mol. The molecule has 0 aromatic heterocycles. The molecule has 6 fully saturated rings. The van der Waals surface area contributed by atoms with E-state index in [4.69, 9.17) is 31.5 Å². The van der Waals surface area contributed by atoms with E-state index in [2.05, 4.69) is 59.8 Å². The molecule has 18 atom stereocenters. The Kier molecular flexibility index (Phi) is 12.8. The highest BCUT2D eigenvalue weighted by molar-refractivity contribution is 6.22. The predicted octanol–water partition coefficient (Wildman–Crippen LogP) is 11.4. The Morgan fingerprint density at radius 3 is 2.32 bits per heavy atom. The fourth-order valence-corrected chi connectivity index (χ4v) is 15.5. The van der Waals surface area contributed by atoms with Crippen LogP contribution in [0.15, 0.2) is 23.8 Å². The first kappa shape index (κ1) is 44.6. The Bertz CT molecular complexity index is 1470. The molecule has 0 spiro atoms. The fourth-order valence-electron chi connectivity index (χ4n) is 15.3. The van der Waals surface area contributed by atoms with Crippen LogP contribution in [0, 0.1) is 80.8 Å². The third kappa shape index (κ3) is 8.92. The number of halogens is 1. The summed E-state index contributed by atoms with van der Waals surface area (Å²) in [5, 5.41) is 22.3. The molecule has 326 valence electrons. The van der Waals surface area contributed by atoms with E-state index in [9.17, 15) is 10.2 Å². The Balaban J connectivity index is 1.06. The zero-order valence-electron chi connectivity index (χ0n) is 37.9. The molecule has 16 unspecified atom stereocenters. The average molecular weight is 815 g/mol. The van der Waals surface area contributed by atoms with E-state index in [-0.39, 0.29) is 29.2 Å². The quantitative estimate of drug-likeness (QED) is 0.134. The molecule has 7 aliphatic carbocycles. The van der Waals surface area contributed by atoms with Crippen LogP contribution in [0.25, 0.3) is 0 Å². The van der Waals surface area contributed by atoms with Gasteiger partial charge in [0.2, 0.25) is 0 Å². The predicted molar refractivity (Wildman–Crippen MR) is 232 cm³/mol. The number of ether oxygens (including phenoxy) is 3. The topological polar surface area (TPSA) is 94.2 Å². The van der Waals surface area contributed by atoms with Gasteiger partial charge in [-0.1, -0.05) is 66.7 Å². The lowest BCUT2D eigenvalue weighted by Crippen LogP contribution is -2.58. The Morgan fingerprint density at radius 2 is 1.65 bits per heavy atom. The van der Waals surface area contributed by atoms with Crippen molar-refractivity contribution < 1.29 is 24.4 Å². The van der Waals surface area contributed by atoms with Crippen molar-refractivity contribution in [2.45, 2.75) is 208 Å². The number of hydrogen-bond acceptors (Lipinski definition) is 6. The van der Waals surface area contributed by atoms with Gasteiger partial charge in [-0.2, -0.15) is 0 Å². The lowest BCUT2D eigenvalue weighted by Gasteiger charge is -2.64. The summed E-state index contributed by atoms with van der Waals surface area (Å²) in [5.74, 6) is 7.33. The van der Waals surface area contributed by atoms with Gasteiger partial charge in [0.1, 0.15) is 6.23 Å². The molecule has 0 heterocycles. The van der Waals surface area contributed by atoms with Gasteiger partial charge in [-0.25, -0.2) is 0 Å². The fraction of sp³-hybridized carbons (Fsp3) is 0.920. The standard InChI is InChI=1S/C50H84ClNO5/c1-29(2)43-37-24-33(37)25-50(27-41(52)55-31(4)32-12-15-35(51)16-13-32)23-19-39-36(44(43)50)17-14-34-26-48(10)21-20-40(30(3)38(48)18-22-49(34,39)11)56-42(53)28-47(8,9)45(54)57-46(5,6)7/h12-13,15,29-31,33-45,53-54H,14,16-28,52H2,1-11H3/t30?,31?,33?,34?,35?,36?,37?,38?,39?,40?,41?,42-,43?,44?,45-,48?,49?,50?/m0/s1. The highest BCUT2D eigenvalue weighted by Crippen LogP contribution is 2.74. The average Bonchev–Trinajstić information content (AvgIpc) is 3.88. The first-order valence-corrected chi connectivity index (χ1v) is 24.1. The van der Waals surface area contributed by atoms with E-state index < -0.39 is 23.6 Å². The number of nitrogens with two attached hydrogens (primary N) is 1. The molecule has 57 heavy (non-hydrogen) atoms. The van der Waals surface area contributed by atoms with Gasteiger partial charge >= 0.3 is 0 Å². The first-order chi connectivity index (χ1) is 26.6. The van der Waals surface area contributed by atoms with Crippen molar-refractivity contribution in [2.24, 2.45) is 86.6 Å². The summed E-state index contributed by atoms with van der Waals surface area (Å²) in [5.41, 5.74) is 8.15. The third-order valence-electron chi connectivity index (χ3n) is 18.1. The number of alkyl halides is 1. The molecule has 0 amide bonds. The number of fused-ring (bicyclic) bond motifs is 7. The van der Waals surface area contributed by atoms with Crippen LogP contribution in [-0.2, 0) is 14.2 Å². The largest absolute Gasteiger partial charge is 0.368 e. The van der Waals surface area contributed by atoms with Gasteiger partial charge in [0.05, 0.1) is 23.2 Å². The molecule has 0 aromatic carbocycles. The molecule has 0 radical (unpaired) electrons. The molecule has 6 nitrogen and oxygen atoms in total. The van der Waals surface area contributed by atoms with E-state index in [1.807, 2.05) is 34.6 Å². The van der Waals surface area contributed by atoms with Crippen LogP contribution in [-0.4, -0.2) is 52.2 Å². The maximum atomic E-state index is 11.3. The number of aliphatic hydroxyl groups excluding tert-OH is 2. The molecule has 7 rings (SSSR count).